The van der Waals surface area contributed by atoms with E-state index in [1.54, 1.807) is 0 Å². The van der Waals surface area contributed by atoms with Crippen LogP contribution in [0.15, 0.2) is 45.6 Å². The van der Waals surface area contributed by atoms with Crippen molar-refractivity contribution in [3.8, 4) is 0 Å². The number of benzene rings is 2. The van der Waals surface area contributed by atoms with Crippen LogP contribution >= 0.6 is 0 Å². The number of aryl methyl sites for hydroxylation is 2. The summed E-state index contributed by atoms with van der Waals surface area (Å²) >= 11 is 0. The second-order valence-corrected chi connectivity index (χ2v) is 6.14. The molecule has 2 aromatic heterocycles. The van der Waals surface area contributed by atoms with Gasteiger partial charge >= 0.3 is 5.63 Å². The van der Waals surface area contributed by atoms with Gasteiger partial charge in [0.2, 0.25) is 0 Å². The summed E-state index contributed by atoms with van der Waals surface area (Å²) in [6, 6.07) is 12.1. The fourth-order valence-electron chi connectivity index (χ4n) is 3.73. The van der Waals surface area contributed by atoms with Crippen molar-refractivity contribution in [2.45, 2.75) is 25.7 Å². The minimum atomic E-state index is -0.262. The lowest BCUT2D eigenvalue weighted by Gasteiger charge is -2.15. The lowest BCUT2D eigenvalue weighted by atomic mass is 9.91. The van der Waals surface area contributed by atoms with Crippen molar-refractivity contribution >= 4 is 32.8 Å². The van der Waals surface area contributed by atoms with Gasteiger partial charge in [-0.2, -0.15) is 0 Å². The zero-order valence-corrected chi connectivity index (χ0v) is 12.1. The number of rotatable bonds is 0. The third-order valence-corrected chi connectivity index (χ3v) is 4.82. The molecule has 3 nitrogen and oxygen atoms in total. The SMILES string of the molecule is O=c1oc2c3cc4c(cc3[nH]c2c2ccccc12)CCCC4. The predicted octanol–water partition coefficient (Wildman–Crippen LogP) is 4.31. The van der Waals surface area contributed by atoms with E-state index in [9.17, 15) is 4.79 Å². The second-order valence-electron chi connectivity index (χ2n) is 6.14. The summed E-state index contributed by atoms with van der Waals surface area (Å²) in [4.78, 5) is 15.7. The van der Waals surface area contributed by atoms with E-state index in [1.807, 2.05) is 24.3 Å². The maximum atomic E-state index is 12.2. The molecule has 108 valence electrons. The molecule has 0 amide bonds. The van der Waals surface area contributed by atoms with E-state index in [4.69, 9.17) is 4.42 Å². The van der Waals surface area contributed by atoms with Gasteiger partial charge in [-0.25, -0.2) is 4.79 Å². The summed E-state index contributed by atoms with van der Waals surface area (Å²) in [5, 5.41) is 2.59. The van der Waals surface area contributed by atoms with Gasteiger partial charge in [0.05, 0.1) is 16.4 Å². The van der Waals surface area contributed by atoms with E-state index in [0.29, 0.717) is 11.0 Å². The quantitative estimate of drug-likeness (QED) is 0.524. The van der Waals surface area contributed by atoms with Crippen LogP contribution in [0, 0.1) is 0 Å². The minimum Gasteiger partial charge on any atom is -0.420 e. The molecular weight excluding hydrogens is 274 g/mol. The highest BCUT2D eigenvalue weighted by Gasteiger charge is 2.16. The topological polar surface area (TPSA) is 46.0 Å². The van der Waals surface area contributed by atoms with Gasteiger partial charge in [0, 0.05) is 10.8 Å². The first-order valence-corrected chi connectivity index (χ1v) is 7.80. The van der Waals surface area contributed by atoms with Gasteiger partial charge in [-0.1, -0.05) is 18.2 Å². The Bertz CT molecular complexity index is 1100. The molecule has 22 heavy (non-hydrogen) atoms. The van der Waals surface area contributed by atoms with E-state index in [1.165, 1.54) is 24.0 Å². The number of aromatic amines is 1. The molecule has 1 aliphatic carbocycles. The molecule has 3 heteroatoms. The van der Waals surface area contributed by atoms with Crippen LogP contribution in [0.3, 0.4) is 0 Å². The summed E-state index contributed by atoms with van der Waals surface area (Å²) < 4.78 is 5.63. The number of hydrogen-bond donors (Lipinski definition) is 1. The molecule has 2 heterocycles. The monoisotopic (exact) mass is 289 g/mol. The zero-order valence-electron chi connectivity index (χ0n) is 12.1. The molecule has 0 fully saturated rings. The highest BCUT2D eigenvalue weighted by Crippen LogP contribution is 2.33. The van der Waals surface area contributed by atoms with E-state index in [2.05, 4.69) is 17.1 Å². The normalized spacial score (nSPS) is 14.7. The molecular formula is C19H15NO2. The van der Waals surface area contributed by atoms with Crippen LogP contribution in [0.1, 0.15) is 24.0 Å². The van der Waals surface area contributed by atoms with Gasteiger partial charge in [-0.3, -0.25) is 0 Å². The molecule has 0 atom stereocenters. The molecule has 0 unspecified atom stereocenters. The molecule has 0 saturated carbocycles. The third kappa shape index (κ3) is 1.54. The van der Waals surface area contributed by atoms with Crippen LogP contribution in [0.5, 0.6) is 0 Å². The Morgan fingerprint density at radius 1 is 0.909 bits per heavy atom. The largest absolute Gasteiger partial charge is 0.420 e. The average molecular weight is 289 g/mol. The molecule has 2 aromatic carbocycles. The molecule has 1 N–H and O–H groups in total. The Morgan fingerprint density at radius 3 is 2.45 bits per heavy atom. The zero-order chi connectivity index (χ0) is 14.7. The lowest BCUT2D eigenvalue weighted by Crippen LogP contribution is -2.02. The molecule has 0 aliphatic heterocycles. The summed E-state index contributed by atoms with van der Waals surface area (Å²) in [7, 11) is 0. The van der Waals surface area contributed by atoms with Crippen molar-refractivity contribution in [3.63, 3.8) is 0 Å². The highest BCUT2D eigenvalue weighted by molar-refractivity contribution is 6.13. The van der Waals surface area contributed by atoms with E-state index < -0.39 is 0 Å². The van der Waals surface area contributed by atoms with Gasteiger partial charge in [0.15, 0.2) is 5.58 Å². The van der Waals surface area contributed by atoms with Crippen molar-refractivity contribution in [2.75, 3.05) is 0 Å². The van der Waals surface area contributed by atoms with Gasteiger partial charge < -0.3 is 9.40 Å². The Labute approximate surface area is 126 Å². The summed E-state index contributed by atoms with van der Waals surface area (Å²) in [5.41, 5.74) is 5.24. The molecule has 0 bridgehead atoms. The van der Waals surface area contributed by atoms with Crippen LogP contribution in [0.2, 0.25) is 0 Å². The Morgan fingerprint density at radius 2 is 1.64 bits per heavy atom. The first kappa shape index (κ1) is 12.0. The summed E-state index contributed by atoms with van der Waals surface area (Å²) in [5.74, 6) is 0. The third-order valence-electron chi connectivity index (χ3n) is 4.82. The smallest absolute Gasteiger partial charge is 0.344 e. The fraction of sp³-hybridized carbons (Fsp3) is 0.211. The lowest BCUT2D eigenvalue weighted by molar-refractivity contribution is 0.573. The maximum absolute atomic E-state index is 12.2. The average Bonchev–Trinajstić information content (AvgIpc) is 2.91. The number of nitrogens with one attached hydrogen (secondary N) is 1. The van der Waals surface area contributed by atoms with Gasteiger partial charge in [-0.05, 0) is 55.0 Å². The molecule has 1 aliphatic rings. The number of aromatic nitrogens is 1. The van der Waals surface area contributed by atoms with Crippen molar-refractivity contribution in [2.24, 2.45) is 0 Å². The second kappa shape index (κ2) is 4.23. The van der Waals surface area contributed by atoms with Gasteiger partial charge in [-0.15, -0.1) is 0 Å². The van der Waals surface area contributed by atoms with E-state index in [0.717, 1.165) is 34.6 Å². The Hall–Kier alpha value is -2.55. The highest BCUT2D eigenvalue weighted by atomic mass is 16.4. The number of hydrogen-bond acceptors (Lipinski definition) is 2. The molecule has 0 radical (unpaired) electrons. The van der Waals surface area contributed by atoms with E-state index in [-0.39, 0.29) is 5.63 Å². The summed E-state index contributed by atoms with van der Waals surface area (Å²) in [6.45, 7) is 0. The predicted molar refractivity (Wildman–Crippen MR) is 88.5 cm³/mol. The number of fused-ring (bicyclic) bond motifs is 6. The van der Waals surface area contributed by atoms with Gasteiger partial charge in [0.25, 0.3) is 0 Å². The van der Waals surface area contributed by atoms with E-state index >= 15 is 0 Å². The van der Waals surface area contributed by atoms with Crippen LogP contribution in [0.4, 0.5) is 0 Å². The Kier molecular flexibility index (Phi) is 2.31. The maximum Gasteiger partial charge on any atom is 0.344 e. The molecule has 4 aromatic rings. The van der Waals surface area contributed by atoms with Crippen molar-refractivity contribution < 1.29 is 4.42 Å². The first-order chi connectivity index (χ1) is 10.8. The Balaban J connectivity index is 1.98. The minimum absolute atomic E-state index is 0.262. The summed E-state index contributed by atoms with van der Waals surface area (Å²) in [6.07, 6.45) is 4.77. The van der Waals surface area contributed by atoms with Crippen molar-refractivity contribution in [1.29, 1.82) is 0 Å². The van der Waals surface area contributed by atoms with Crippen LogP contribution in [-0.2, 0) is 12.8 Å². The fourth-order valence-corrected chi connectivity index (χ4v) is 3.73. The van der Waals surface area contributed by atoms with Crippen LogP contribution in [0.25, 0.3) is 32.8 Å². The van der Waals surface area contributed by atoms with Crippen LogP contribution < -0.4 is 5.63 Å². The van der Waals surface area contributed by atoms with Crippen molar-refractivity contribution in [3.05, 3.63) is 57.9 Å². The number of H-pyrrole nitrogens is 1. The first-order valence-electron chi connectivity index (χ1n) is 7.80. The molecule has 0 saturated heterocycles. The molecule has 0 spiro atoms. The van der Waals surface area contributed by atoms with Gasteiger partial charge in [0.1, 0.15) is 0 Å². The molecule has 5 rings (SSSR count). The van der Waals surface area contributed by atoms with Crippen molar-refractivity contribution in [1.82, 2.24) is 4.98 Å². The standard InChI is InChI=1S/C19H15NO2/c21-19-14-8-4-3-7-13(14)17-18(22-19)15-9-11-5-1-2-6-12(11)10-16(15)20-17/h3-4,7-10,20H,1-2,5-6H2. The van der Waals surface area contributed by atoms with Crippen LogP contribution in [-0.4, -0.2) is 4.98 Å².